The maximum Gasteiger partial charge on any atom is 0.309 e. The predicted octanol–water partition coefficient (Wildman–Crippen LogP) is 6.62. The second-order valence-corrected chi connectivity index (χ2v) is 10.5. The molecular formula is C30H49NO3. The molecule has 2 rings (SSSR count). The van der Waals surface area contributed by atoms with E-state index in [-0.39, 0.29) is 17.8 Å². The molecule has 0 aliphatic heterocycles. The predicted molar refractivity (Wildman–Crippen MR) is 142 cm³/mol. The van der Waals surface area contributed by atoms with Gasteiger partial charge in [-0.15, -0.1) is 0 Å². The lowest BCUT2D eigenvalue weighted by atomic mass is 9.58. The Morgan fingerprint density at radius 1 is 1.03 bits per heavy atom. The molecule has 6 atom stereocenters. The summed E-state index contributed by atoms with van der Waals surface area (Å²) in [5.74, 6) is -0.661. The Balaban J connectivity index is 2.07. The van der Waals surface area contributed by atoms with Crippen LogP contribution >= 0.6 is 0 Å². The van der Waals surface area contributed by atoms with Crippen molar-refractivity contribution in [3.8, 4) is 0 Å². The minimum atomic E-state index is -0.869. The molecule has 0 bridgehead atoms. The number of aliphatic hydroxyl groups is 1. The Labute approximate surface area is 208 Å². The second-order valence-electron chi connectivity index (χ2n) is 10.5. The SMILES string of the molecule is CCCCCC/C=C\CCC[C@@H]1CC[C@H](Cc2ccccc2)[C@H]([C@H](C(=O)O)[C@H](C)O)[C@H]1CCN. The van der Waals surface area contributed by atoms with E-state index in [4.69, 9.17) is 5.73 Å². The van der Waals surface area contributed by atoms with E-state index in [1.165, 1.54) is 37.7 Å². The summed E-state index contributed by atoms with van der Waals surface area (Å²) in [5.41, 5.74) is 7.31. The summed E-state index contributed by atoms with van der Waals surface area (Å²) in [4.78, 5) is 12.3. The van der Waals surface area contributed by atoms with Crippen LogP contribution in [-0.4, -0.2) is 28.8 Å². The van der Waals surface area contributed by atoms with Crippen LogP contribution in [0, 0.1) is 29.6 Å². The second kappa shape index (κ2) is 16.1. The average molecular weight is 472 g/mol. The zero-order chi connectivity index (χ0) is 24.8. The molecule has 0 aromatic heterocycles. The lowest BCUT2D eigenvalue weighted by Gasteiger charge is -2.47. The van der Waals surface area contributed by atoms with Crippen LogP contribution in [0.4, 0.5) is 0 Å². The first kappa shape index (κ1) is 28.6. The van der Waals surface area contributed by atoms with Crippen molar-refractivity contribution in [2.24, 2.45) is 35.3 Å². The van der Waals surface area contributed by atoms with Crippen LogP contribution in [0.3, 0.4) is 0 Å². The summed E-state index contributed by atoms with van der Waals surface area (Å²) in [5, 5.41) is 20.6. The maximum atomic E-state index is 12.3. The van der Waals surface area contributed by atoms with Crippen molar-refractivity contribution in [1.29, 1.82) is 0 Å². The molecule has 1 aliphatic carbocycles. The van der Waals surface area contributed by atoms with Gasteiger partial charge in [-0.1, -0.05) is 68.7 Å². The van der Waals surface area contributed by atoms with Crippen molar-refractivity contribution < 1.29 is 15.0 Å². The van der Waals surface area contributed by atoms with Crippen LogP contribution in [0.25, 0.3) is 0 Å². The van der Waals surface area contributed by atoms with Gasteiger partial charge in [0, 0.05) is 0 Å². The molecule has 0 radical (unpaired) electrons. The molecule has 1 aromatic rings. The van der Waals surface area contributed by atoms with Crippen molar-refractivity contribution >= 4 is 5.97 Å². The van der Waals surface area contributed by atoms with Gasteiger partial charge in [0.05, 0.1) is 12.0 Å². The summed E-state index contributed by atoms with van der Waals surface area (Å²) >= 11 is 0. The molecule has 0 unspecified atom stereocenters. The number of unbranched alkanes of at least 4 members (excludes halogenated alkanes) is 5. The monoisotopic (exact) mass is 471 g/mol. The molecule has 4 N–H and O–H groups in total. The van der Waals surface area contributed by atoms with E-state index < -0.39 is 18.0 Å². The normalized spacial score (nSPS) is 24.8. The molecule has 1 fully saturated rings. The first-order valence-electron chi connectivity index (χ1n) is 13.8. The smallest absolute Gasteiger partial charge is 0.309 e. The van der Waals surface area contributed by atoms with E-state index in [1.807, 2.05) is 18.2 Å². The molecule has 0 amide bonds. The first-order chi connectivity index (χ1) is 16.5. The van der Waals surface area contributed by atoms with Gasteiger partial charge in [-0.2, -0.15) is 0 Å². The highest BCUT2D eigenvalue weighted by molar-refractivity contribution is 5.71. The van der Waals surface area contributed by atoms with Crippen molar-refractivity contribution in [1.82, 2.24) is 0 Å². The number of hydrogen-bond donors (Lipinski definition) is 3. The summed E-state index contributed by atoms with van der Waals surface area (Å²) in [7, 11) is 0. The van der Waals surface area contributed by atoms with E-state index >= 15 is 0 Å². The van der Waals surface area contributed by atoms with Crippen LogP contribution in [0.15, 0.2) is 42.5 Å². The zero-order valence-corrected chi connectivity index (χ0v) is 21.6. The fourth-order valence-electron chi connectivity index (χ4n) is 6.31. The number of nitrogens with two attached hydrogens (primary N) is 1. The average Bonchev–Trinajstić information content (AvgIpc) is 2.81. The molecule has 1 saturated carbocycles. The van der Waals surface area contributed by atoms with Gasteiger partial charge in [0.1, 0.15) is 0 Å². The third kappa shape index (κ3) is 9.19. The number of carboxylic acid groups (broad SMARTS) is 1. The van der Waals surface area contributed by atoms with Gasteiger partial charge in [-0.05, 0) is 100 Å². The highest BCUT2D eigenvalue weighted by atomic mass is 16.4. The lowest BCUT2D eigenvalue weighted by Crippen LogP contribution is -2.47. The number of aliphatic hydroxyl groups excluding tert-OH is 1. The lowest BCUT2D eigenvalue weighted by molar-refractivity contribution is -0.153. The minimum absolute atomic E-state index is 0.0471. The third-order valence-electron chi connectivity index (χ3n) is 7.95. The van der Waals surface area contributed by atoms with Crippen LogP contribution in [0.1, 0.15) is 90.0 Å². The molecule has 1 aliphatic rings. The number of hydrogen-bond acceptors (Lipinski definition) is 3. The van der Waals surface area contributed by atoms with E-state index in [2.05, 4.69) is 31.2 Å². The Morgan fingerprint density at radius 3 is 2.32 bits per heavy atom. The topological polar surface area (TPSA) is 83.5 Å². The Hall–Kier alpha value is -1.65. The van der Waals surface area contributed by atoms with Crippen LogP contribution in [0.2, 0.25) is 0 Å². The van der Waals surface area contributed by atoms with Crippen LogP contribution in [0.5, 0.6) is 0 Å². The van der Waals surface area contributed by atoms with E-state index in [9.17, 15) is 15.0 Å². The van der Waals surface area contributed by atoms with Crippen LogP contribution in [-0.2, 0) is 11.2 Å². The number of rotatable bonds is 16. The van der Waals surface area contributed by atoms with E-state index in [1.54, 1.807) is 6.92 Å². The van der Waals surface area contributed by atoms with Gasteiger partial charge in [0.2, 0.25) is 0 Å². The molecule has 4 nitrogen and oxygen atoms in total. The fourth-order valence-corrected chi connectivity index (χ4v) is 6.31. The van der Waals surface area contributed by atoms with Crippen LogP contribution < -0.4 is 5.73 Å². The molecule has 1 aromatic carbocycles. The number of benzene rings is 1. The molecular weight excluding hydrogens is 422 g/mol. The Bertz CT molecular complexity index is 702. The Morgan fingerprint density at radius 2 is 1.71 bits per heavy atom. The highest BCUT2D eigenvalue weighted by Gasteiger charge is 2.46. The molecule has 0 heterocycles. The van der Waals surface area contributed by atoms with Gasteiger partial charge in [0.25, 0.3) is 0 Å². The van der Waals surface area contributed by atoms with Gasteiger partial charge in [-0.25, -0.2) is 0 Å². The fraction of sp³-hybridized carbons (Fsp3) is 0.700. The third-order valence-corrected chi connectivity index (χ3v) is 7.95. The van der Waals surface area contributed by atoms with Gasteiger partial charge >= 0.3 is 5.97 Å². The van der Waals surface area contributed by atoms with Gasteiger partial charge in [-0.3, -0.25) is 4.79 Å². The highest BCUT2D eigenvalue weighted by Crippen LogP contribution is 2.48. The molecule has 0 spiro atoms. The summed E-state index contributed by atoms with van der Waals surface area (Å²) in [6, 6.07) is 10.4. The maximum absolute atomic E-state index is 12.3. The first-order valence-corrected chi connectivity index (χ1v) is 13.8. The van der Waals surface area contributed by atoms with Crippen molar-refractivity contribution in [2.75, 3.05) is 6.54 Å². The number of allylic oxidation sites excluding steroid dienone is 2. The largest absolute Gasteiger partial charge is 0.481 e. The quantitative estimate of drug-likeness (QED) is 0.187. The van der Waals surface area contributed by atoms with E-state index in [0.717, 1.165) is 44.9 Å². The number of aliphatic carboxylic acids is 1. The summed E-state index contributed by atoms with van der Waals surface area (Å²) in [6.45, 7) is 4.46. The van der Waals surface area contributed by atoms with E-state index in [0.29, 0.717) is 12.5 Å². The molecule has 4 heteroatoms. The molecule has 0 saturated heterocycles. The van der Waals surface area contributed by atoms with Crippen molar-refractivity contribution in [3.05, 3.63) is 48.0 Å². The minimum Gasteiger partial charge on any atom is -0.481 e. The molecule has 192 valence electrons. The van der Waals surface area contributed by atoms with Crippen molar-refractivity contribution in [2.45, 2.75) is 97.0 Å². The van der Waals surface area contributed by atoms with Gasteiger partial charge in [0.15, 0.2) is 0 Å². The Kier molecular flexibility index (Phi) is 13.5. The number of carboxylic acids is 1. The standard InChI is InChI=1S/C30H49NO3/c1-3-4-5-6-7-8-9-10-14-17-25-18-19-26(22-24-15-12-11-13-16-24)29(27(25)20-21-31)28(23(2)32)30(33)34/h8-9,11-13,15-16,23,25-29,32H,3-7,10,14,17-22,31H2,1-2H3,(H,33,34)/b9-8-/t23-,25+,26+,27-,28+,29-/m0/s1. The zero-order valence-electron chi connectivity index (χ0n) is 21.6. The van der Waals surface area contributed by atoms with Gasteiger partial charge < -0.3 is 15.9 Å². The molecule has 34 heavy (non-hydrogen) atoms. The van der Waals surface area contributed by atoms with Crippen molar-refractivity contribution in [3.63, 3.8) is 0 Å². The summed E-state index contributed by atoms with van der Waals surface area (Å²) in [6.07, 6.45) is 17.4. The summed E-state index contributed by atoms with van der Waals surface area (Å²) < 4.78 is 0. The number of carbonyl (C=O) groups is 1.